The maximum absolute atomic E-state index is 11.4. The van der Waals surface area contributed by atoms with Crippen molar-refractivity contribution in [1.29, 1.82) is 0 Å². The number of pyridine rings is 1. The minimum Gasteiger partial charge on any atom is -0.368 e. The molecule has 6 heteroatoms. The molecule has 0 bridgehead atoms. The molecule has 0 aliphatic heterocycles. The Balaban J connectivity index is 2.02. The van der Waals surface area contributed by atoms with Crippen molar-refractivity contribution in [1.82, 2.24) is 4.98 Å². The number of amides is 1. The molecule has 18 heavy (non-hydrogen) atoms. The van der Waals surface area contributed by atoms with Crippen LogP contribution in [0.25, 0.3) is 0 Å². The normalized spacial score (nSPS) is 28.0. The fourth-order valence-electron chi connectivity index (χ4n) is 2.18. The Labute approximate surface area is 115 Å². The monoisotopic (exact) mass is 285 g/mol. The molecule has 0 saturated heterocycles. The molecule has 2 atom stereocenters. The molecular formula is C12H16ClN3OS. The molecule has 4 nitrogen and oxygen atoms in total. The molecule has 1 heterocycles. The van der Waals surface area contributed by atoms with Crippen molar-refractivity contribution in [2.75, 3.05) is 0 Å². The average Bonchev–Trinajstić information content (AvgIpc) is 2.32. The van der Waals surface area contributed by atoms with E-state index in [1.54, 1.807) is 18.0 Å². The van der Waals surface area contributed by atoms with Crippen LogP contribution in [0.2, 0.25) is 5.02 Å². The average molecular weight is 286 g/mol. The van der Waals surface area contributed by atoms with Crippen molar-refractivity contribution in [2.45, 2.75) is 41.5 Å². The lowest BCUT2D eigenvalue weighted by atomic mass is 9.82. The summed E-state index contributed by atoms with van der Waals surface area (Å²) in [5.74, 6) is -0.406. The first-order valence-electron chi connectivity index (χ1n) is 5.87. The van der Waals surface area contributed by atoms with Gasteiger partial charge in [-0.05, 0) is 37.8 Å². The van der Waals surface area contributed by atoms with Gasteiger partial charge in [0.2, 0.25) is 5.91 Å². The maximum atomic E-state index is 11.4. The predicted octanol–water partition coefficient (Wildman–Crippen LogP) is 1.95. The van der Waals surface area contributed by atoms with Crippen LogP contribution < -0.4 is 11.5 Å². The van der Waals surface area contributed by atoms with Gasteiger partial charge in [-0.1, -0.05) is 11.6 Å². The Morgan fingerprint density at radius 3 is 2.94 bits per heavy atom. The van der Waals surface area contributed by atoms with Gasteiger partial charge < -0.3 is 11.5 Å². The van der Waals surface area contributed by atoms with Crippen LogP contribution in [0.3, 0.4) is 0 Å². The number of rotatable bonds is 3. The van der Waals surface area contributed by atoms with Crippen molar-refractivity contribution < 1.29 is 4.79 Å². The molecule has 2 unspecified atom stereocenters. The van der Waals surface area contributed by atoms with E-state index in [1.165, 1.54) is 0 Å². The van der Waals surface area contributed by atoms with Crippen molar-refractivity contribution in [3.63, 3.8) is 0 Å². The van der Waals surface area contributed by atoms with Crippen LogP contribution in [0.15, 0.2) is 23.4 Å². The standard InChI is InChI=1S/C12H16ClN3OS/c13-8-3-4-10(16-7-8)18-9-2-1-5-12(15,6-9)11(14)17/h3-4,7,9H,1-2,5-6,15H2,(H2,14,17). The van der Waals surface area contributed by atoms with Gasteiger partial charge in [0.25, 0.3) is 0 Å². The first kappa shape index (κ1) is 13.6. The zero-order chi connectivity index (χ0) is 13.2. The lowest BCUT2D eigenvalue weighted by Crippen LogP contribution is -2.55. The number of carbonyl (C=O) groups is 1. The number of carbonyl (C=O) groups excluding carboxylic acids is 1. The highest BCUT2D eigenvalue weighted by molar-refractivity contribution is 7.99. The topological polar surface area (TPSA) is 82.0 Å². The van der Waals surface area contributed by atoms with Gasteiger partial charge in [0, 0.05) is 11.4 Å². The van der Waals surface area contributed by atoms with Crippen LogP contribution in [-0.2, 0) is 4.79 Å². The lowest BCUT2D eigenvalue weighted by Gasteiger charge is -2.34. The van der Waals surface area contributed by atoms with E-state index < -0.39 is 11.4 Å². The number of hydrogen-bond donors (Lipinski definition) is 2. The molecule has 98 valence electrons. The summed E-state index contributed by atoms with van der Waals surface area (Å²) < 4.78 is 0. The number of nitrogens with zero attached hydrogens (tertiary/aromatic N) is 1. The quantitative estimate of drug-likeness (QED) is 0.889. The molecule has 0 radical (unpaired) electrons. The summed E-state index contributed by atoms with van der Waals surface area (Å²) in [5, 5.41) is 1.80. The van der Waals surface area contributed by atoms with E-state index in [4.69, 9.17) is 23.1 Å². The highest BCUT2D eigenvalue weighted by atomic mass is 35.5. The molecule has 1 aromatic heterocycles. The summed E-state index contributed by atoms with van der Waals surface area (Å²) in [4.78, 5) is 15.6. The van der Waals surface area contributed by atoms with Crippen LogP contribution in [0.4, 0.5) is 0 Å². The highest BCUT2D eigenvalue weighted by Gasteiger charge is 2.38. The fourth-order valence-corrected chi connectivity index (χ4v) is 3.56. The van der Waals surface area contributed by atoms with Crippen molar-refractivity contribution in [3.05, 3.63) is 23.4 Å². The largest absolute Gasteiger partial charge is 0.368 e. The fraction of sp³-hybridized carbons (Fsp3) is 0.500. The van der Waals surface area contributed by atoms with Crippen LogP contribution in [-0.4, -0.2) is 21.7 Å². The number of aromatic nitrogens is 1. The van der Waals surface area contributed by atoms with E-state index in [0.29, 0.717) is 17.9 Å². The maximum Gasteiger partial charge on any atom is 0.237 e. The summed E-state index contributed by atoms with van der Waals surface area (Å²) in [7, 11) is 0. The zero-order valence-corrected chi connectivity index (χ0v) is 11.5. The van der Waals surface area contributed by atoms with Crippen molar-refractivity contribution in [3.8, 4) is 0 Å². The summed E-state index contributed by atoms with van der Waals surface area (Å²) in [6.07, 6.45) is 4.85. The third kappa shape index (κ3) is 3.16. The highest BCUT2D eigenvalue weighted by Crippen LogP contribution is 2.36. The zero-order valence-electron chi connectivity index (χ0n) is 9.93. The van der Waals surface area contributed by atoms with Crippen molar-refractivity contribution in [2.24, 2.45) is 11.5 Å². The van der Waals surface area contributed by atoms with Crippen LogP contribution in [0, 0.1) is 0 Å². The Morgan fingerprint density at radius 1 is 1.56 bits per heavy atom. The van der Waals surface area contributed by atoms with E-state index in [-0.39, 0.29) is 5.25 Å². The smallest absolute Gasteiger partial charge is 0.237 e. The van der Waals surface area contributed by atoms with E-state index in [0.717, 1.165) is 17.9 Å². The van der Waals surface area contributed by atoms with Gasteiger partial charge in [-0.3, -0.25) is 4.79 Å². The Kier molecular flexibility index (Phi) is 4.14. The molecule has 4 N–H and O–H groups in total. The van der Waals surface area contributed by atoms with Crippen molar-refractivity contribution >= 4 is 29.3 Å². The minimum atomic E-state index is -0.859. The van der Waals surface area contributed by atoms with Gasteiger partial charge in [0.1, 0.15) is 0 Å². The van der Waals surface area contributed by atoms with Gasteiger partial charge in [-0.2, -0.15) is 0 Å². The van der Waals surface area contributed by atoms with Gasteiger partial charge in [-0.25, -0.2) is 4.98 Å². The van der Waals surface area contributed by atoms with Gasteiger partial charge in [0.15, 0.2) is 0 Å². The molecule has 0 spiro atoms. The number of thioether (sulfide) groups is 1. The van der Waals surface area contributed by atoms with E-state index in [1.807, 2.05) is 12.1 Å². The van der Waals surface area contributed by atoms with Gasteiger partial charge in [-0.15, -0.1) is 11.8 Å². The second kappa shape index (κ2) is 5.47. The molecule has 1 amide bonds. The van der Waals surface area contributed by atoms with Crippen LogP contribution >= 0.6 is 23.4 Å². The summed E-state index contributed by atoms with van der Waals surface area (Å²) in [6.45, 7) is 0. The first-order valence-corrected chi connectivity index (χ1v) is 7.12. The molecule has 2 rings (SSSR count). The lowest BCUT2D eigenvalue weighted by molar-refractivity contribution is -0.124. The SMILES string of the molecule is NC(=O)C1(N)CCCC(Sc2ccc(Cl)cn2)C1. The van der Waals surface area contributed by atoms with Crippen LogP contribution in [0.1, 0.15) is 25.7 Å². The Hall–Kier alpha value is -0.780. The first-order chi connectivity index (χ1) is 8.49. The van der Waals surface area contributed by atoms with E-state index in [2.05, 4.69) is 4.98 Å². The summed E-state index contributed by atoms with van der Waals surface area (Å²) in [5.41, 5.74) is 10.6. The summed E-state index contributed by atoms with van der Waals surface area (Å²) >= 11 is 7.42. The molecular weight excluding hydrogens is 270 g/mol. The third-order valence-electron chi connectivity index (χ3n) is 3.22. The molecule has 1 aromatic rings. The molecule has 0 aromatic carbocycles. The van der Waals surface area contributed by atoms with Gasteiger partial charge >= 0.3 is 0 Å². The van der Waals surface area contributed by atoms with E-state index >= 15 is 0 Å². The number of hydrogen-bond acceptors (Lipinski definition) is 4. The minimum absolute atomic E-state index is 0.282. The van der Waals surface area contributed by atoms with E-state index in [9.17, 15) is 4.79 Å². The molecule has 1 aliphatic rings. The van der Waals surface area contributed by atoms with Crippen LogP contribution in [0.5, 0.6) is 0 Å². The Morgan fingerprint density at radius 2 is 2.33 bits per heavy atom. The predicted molar refractivity (Wildman–Crippen MR) is 73.5 cm³/mol. The summed E-state index contributed by atoms with van der Waals surface area (Å²) in [6, 6.07) is 3.69. The Bertz CT molecular complexity index is 439. The molecule has 1 aliphatic carbocycles. The second-order valence-corrected chi connectivity index (χ2v) is 6.43. The third-order valence-corrected chi connectivity index (χ3v) is 4.66. The van der Waals surface area contributed by atoms with Gasteiger partial charge in [0.05, 0.1) is 15.6 Å². The number of primary amides is 1. The number of halogens is 1. The number of nitrogens with two attached hydrogens (primary N) is 2. The molecule has 1 fully saturated rings. The molecule has 1 saturated carbocycles. The second-order valence-electron chi connectivity index (χ2n) is 4.67.